The Morgan fingerprint density at radius 1 is 1.09 bits per heavy atom. The first kappa shape index (κ1) is 16.6. The molecule has 0 atom stereocenters. The van der Waals surface area contributed by atoms with E-state index in [1.807, 2.05) is 6.07 Å². The molecule has 0 aliphatic carbocycles. The second kappa shape index (κ2) is 6.97. The van der Waals surface area contributed by atoms with Crippen LogP contribution < -0.4 is 10.6 Å². The minimum atomic E-state index is -0.255. The van der Waals surface area contributed by atoms with Gasteiger partial charge in [-0.05, 0) is 36.8 Å². The lowest BCUT2D eigenvalue weighted by Gasteiger charge is -2.26. The third-order valence-corrected chi connectivity index (χ3v) is 3.80. The van der Waals surface area contributed by atoms with Crippen LogP contribution in [-0.4, -0.2) is 12.6 Å². The number of nitrogens with one attached hydrogen (secondary N) is 2. The van der Waals surface area contributed by atoms with Crippen molar-refractivity contribution < 1.29 is 4.79 Å². The molecule has 0 saturated heterocycles. The predicted octanol–water partition coefficient (Wildman–Crippen LogP) is 3.97. The Hall–Kier alpha value is -2.80. The number of hydrogen-bond acceptors (Lipinski definition) is 2. The predicted molar refractivity (Wildman–Crippen MR) is 92.4 cm³/mol. The second-order valence-electron chi connectivity index (χ2n) is 6.25. The summed E-state index contributed by atoms with van der Waals surface area (Å²) >= 11 is 0. The molecule has 0 aliphatic rings. The van der Waals surface area contributed by atoms with Crippen molar-refractivity contribution in [2.75, 3.05) is 11.9 Å². The van der Waals surface area contributed by atoms with Gasteiger partial charge >= 0.3 is 6.03 Å². The normalized spacial score (nSPS) is 10.7. The van der Waals surface area contributed by atoms with Crippen molar-refractivity contribution in [3.8, 4) is 6.07 Å². The maximum Gasteiger partial charge on any atom is 0.319 e. The van der Waals surface area contributed by atoms with Crippen molar-refractivity contribution >= 4 is 11.7 Å². The Bertz CT molecular complexity index is 710. The third kappa shape index (κ3) is 4.58. The lowest BCUT2D eigenvalue weighted by Crippen LogP contribution is -2.38. The van der Waals surface area contributed by atoms with Gasteiger partial charge in [0, 0.05) is 17.6 Å². The summed E-state index contributed by atoms with van der Waals surface area (Å²) in [5.74, 6) is 0. The maximum absolute atomic E-state index is 12.0. The van der Waals surface area contributed by atoms with Gasteiger partial charge in [-0.2, -0.15) is 5.26 Å². The smallest absolute Gasteiger partial charge is 0.319 e. The van der Waals surface area contributed by atoms with Gasteiger partial charge in [0.1, 0.15) is 0 Å². The van der Waals surface area contributed by atoms with Gasteiger partial charge in [-0.15, -0.1) is 0 Å². The number of carbonyl (C=O) groups is 1. The molecule has 2 rings (SSSR count). The van der Waals surface area contributed by atoms with E-state index in [2.05, 4.69) is 55.7 Å². The topological polar surface area (TPSA) is 64.9 Å². The number of nitriles is 1. The lowest BCUT2D eigenvalue weighted by molar-refractivity contribution is 0.249. The molecule has 2 amide bonds. The fourth-order valence-electron chi connectivity index (χ4n) is 2.21. The Balaban J connectivity index is 1.92. The van der Waals surface area contributed by atoms with Crippen LogP contribution in [0.25, 0.3) is 0 Å². The number of hydrogen-bond donors (Lipinski definition) is 2. The molecular weight excluding hydrogens is 286 g/mol. The van der Waals surface area contributed by atoms with Crippen molar-refractivity contribution in [3.63, 3.8) is 0 Å². The lowest BCUT2D eigenvalue weighted by atomic mass is 9.84. The molecule has 2 aromatic rings. The van der Waals surface area contributed by atoms with Crippen LogP contribution in [0.3, 0.4) is 0 Å². The highest BCUT2D eigenvalue weighted by atomic mass is 16.2. The van der Waals surface area contributed by atoms with Crippen LogP contribution in [0.1, 0.15) is 30.5 Å². The van der Waals surface area contributed by atoms with E-state index in [9.17, 15) is 4.79 Å². The molecule has 0 bridgehead atoms. The third-order valence-electron chi connectivity index (χ3n) is 3.80. The Labute approximate surface area is 137 Å². The molecule has 0 aromatic heterocycles. The van der Waals surface area contributed by atoms with E-state index in [1.165, 1.54) is 11.1 Å². The SMILES string of the molecule is Cc1ccc(C(C)(C)CNC(=O)Nc2ccc(C#N)cc2)cc1. The first-order chi connectivity index (χ1) is 10.9. The highest BCUT2D eigenvalue weighted by Crippen LogP contribution is 2.22. The standard InChI is InChI=1S/C19H21N3O/c1-14-4-8-16(9-5-14)19(2,3)13-21-18(23)22-17-10-6-15(12-20)7-11-17/h4-11H,13H2,1-3H3,(H2,21,22,23). The highest BCUT2D eigenvalue weighted by Gasteiger charge is 2.21. The van der Waals surface area contributed by atoms with E-state index >= 15 is 0 Å². The molecule has 0 saturated carbocycles. The monoisotopic (exact) mass is 307 g/mol. The first-order valence-corrected chi connectivity index (χ1v) is 7.53. The number of nitrogens with zero attached hydrogens (tertiary/aromatic N) is 1. The second-order valence-corrected chi connectivity index (χ2v) is 6.25. The summed E-state index contributed by atoms with van der Waals surface area (Å²) in [6.45, 7) is 6.78. The van der Waals surface area contributed by atoms with Crippen molar-refractivity contribution in [1.82, 2.24) is 5.32 Å². The first-order valence-electron chi connectivity index (χ1n) is 7.53. The molecule has 23 heavy (non-hydrogen) atoms. The van der Waals surface area contributed by atoms with Gasteiger partial charge in [-0.1, -0.05) is 43.7 Å². The van der Waals surface area contributed by atoms with Crippen LogP contribution in [0.4, 0.5) is 10.5 Å². The number of rotatable bonds is 4. The van der Waals surface area contributed by atoms with Gasteiger partial charge in [0.15, 0.2) is 0 Å². The summed E-state index contributed by atoms with van der Waals surface area (Å²) in [7, 11) is 0. The zero-order valence-electron chi connectivity index (χ0n) is 13.7. The van der Waals surface area contributed by atoms with Crippen LogP contribution in [0.2, 0.25) is 0 Å². The van der Waals surface area contributed by atoms with Crippen LogP contribution in [-0.2, 0) is 5.41 Å². The summed E-state index contributed by atoms with van der Waals surface area (Å²) in [6, 6.07) is 16.9. The number of carbonyl (C=O) groups excluding carboxylic acids is 1. The molecule has 2 N–H and O–H groups in total. The molecule has 0 radical (unpaired) electrons. The molecular formula is C19H21N3O. The van der Waals surface area contributed by atoms with Crippen LogP contribution >= 0.6 is 0 Å². The fraction of sp³-hybridized carbons (Fsp3) is 0.263. The summed E-state index contributed by atoms with van der Waals surface area (Å²) in [5, 5.41) is 14.4. The van der Waals surface area contributed by atoms with Gasteiger partial charge in [0.05, 0.1) is 11.6 Å². The quantitative estimate of drug-likeness (QED) is 0.897. The minimum Gasteiger partial charge on any atom is -0.337 e. The van der Waals surface area contributed by atoms with Crippen molar-refractivity contribution in [1.29, 1.82) is 5.26 Å². The van der Waals surface area contributed by atoms with E-state index in [0.717, 1.165) is 0 Å². The molecule has 0 aliphatic heterocycles. The van der Waals surface area contributed by atoms with Crippen molar-refractivity contribution in [2.45, 2.75) is 26.2 Å². The Morgan fingerprint density at radius 3 is 2.26 bits per heavy atom. The van der Waals surface area contributed by atoms with Crippen molar-refractivity contribution in [2.24, 2.45) is 0 Å². The molecule has 2 aromatic carbocycles. The average Bonchev–Trinajstić information content (AvgIpc) is 2.54. The van der Waals surface area contributed by atoms with Gasteiger partial charge in [0.2, 0.25) is 0 Å². The van der Waals surface area contributed by atoms with E-state index in [1.54, 1.807) is 24.3 Å². The average molecular weight is 307 g/mol. The van der Waals surface area contributed by atoms with Crippen LogP contribution in [0.15, 0.2) is 48.5 Å². The molecule has 0 spiro atoms. The van der Waals surface area contributed by atoms with Gasteiger partial charge in [0.25, 0.3) is 0 Å². The molecule has 118 valence electrons. The zero-order valence-corrected chi connectivity index (χ0v) is 13.7. The van der Waals surface area contributed by atoms with Gasteiger partial charge in [-0.3, -0.25) is 0 Å². The molecule has 4 heteroatoms. The molecule has 0 fully saturated rings. The number of amides is 2. The Morgan fingerprint density at radius 2 is 1.70 bits per heavy atom. The number of aryl methyl sites for hydroxylation is 1. The summed E-state index contributed by atoms with van der Waals surface area (Å²) in [6.07, 6.45) is 0. The van der Waals surface area contributed by atoms with Crippen LogP contribution in [0.5, 0.6) is 0 Å². The van der Waals surface area contributed by atoms with E-state index < -0.39 is 0 Å². The maximum atomic E-state index is 12.0. The van der Waals surface area contributed by atoms with Crippen molar-refractivity contribution in [3.05, 3.63) is 65.2 Å². The zero-order chi connectivity index (χ0) is 16.9. The minimum absolute atomic E-state index is 0.157. The number of anilines is 1. The highest BCUT2D eigenvalue weighted by molar-refractivity contribution is 5.89. The van der Waals surface area contributed by atoms with E-state index in [-0.39, 0.29) is 11.4 Å². The van der Waals surface area contributed by atoms with Crippen LogP contribution in [0, 0.1) is 18.3 Å². The molecule has 0 unspecified atom stereocenters. The number of urea groups is 1. The van der Waals surface area contributed by atoms with E-state index in [4.69, 9.17) is 5.26 Å². The largest absolute Gasteiger partial charge is 0.337 e. The Kier molecular flexibility index (Phi) is 5.02. The summed E-state index contributed by atoms with van der Waals surface area (Å²) in [4.78, 5) is 12.0. The molecule has 4 nitrogen and oxygen atoms in total. The molecule has 0 heterocycles. The number of benzene rings is 2. The summed E-state index contributed by atoms with van der Waals surface area (Å²) in [5.41, 5.74) is 3.47. The van der Waals surface area contributed by atoms with E-state index in [0.29, 0.717) is 17.8 Å². The van der Waals surface area contributed by atoms with Gasteiger partial charge in [-0.25, -0.2) is 4.79 Å². The summed E-state index contributed by atoms with van der Waals surface area (Å²) < 4.78 is 0. The van der Waals surface area contributed by atoms with Gasteiger partial charge < -0.3 is 10.6 Å². The fourth-order valence-corrected chi connectivity index (χ4v) is 2.21.